The molecule has 0 aliphatic heterocycles. The van der Waals surface area contributed by atoms with E-state index in [0.717, 1.165) is 0 Å². The number of rotatable bonds is 5. The summed E-state index contributed by atoms with van der Waals surface area (Å²) in [5.74, 6) is -1.56. The molecule has 1 rings (SSSR count). The van der Waals surface area contributed by atoms with Gasteiger partial charge >= 0.3 is 11.9 Å². The number of ether oxygens (including phenoxy) is 1. The van der Waals surface area contributed by atoms with Gasteiger partial charge in [-0.15, -0.1) is 0 Å². The number of aliphatic carboxylic acids is 1. The molecule has 0 spiro atoms. The lowest BCUT2D eigenvalue weighted by Gasteiger charge is -2.25. The molecule has 1 amide bonds. The van der Waals surface area contributed by atoms with Gasteiger partial charge in [0, 0.05) is 20.3 Å². The molecule has 0 saturated carbocycles. The molecule has 0 aliphatic rings. The van der Waals surface area contributed by atoms with E-state index >= 15 is 0 Å². The van der Waals surface area contributed by atoms with Crippen molar-refractivity contribution >= 4 is 17.8 Å². The largest absolute Gasteiger partial charge is 0.480 e. The number of carbonyl (C=O) groups excluding carboxylic acids is 2. The Bertz CT molecular complexity index is 523. The first-order valence-corrected chi connectivity index (χ1v) is 6.02. The Labute approximate surface area is 116 Å². The Hall–Kier alpha value is -2.37. The van der Waals surface area contributed by atoms with Gasteiger partial charge in [0.05, 0.1) is 0 Å². The average Bonchev–Trinajstić information content (AvgIpc) is 2.29. The minimum Gasteiger partial charge on any atom is -0.480 e. The molecule has 1 aromatic carbocycles. The first-order valence-electron chi connectivity index (χ1n) is 6.02. The molecule has 0 radical (unpaired) electrons. The van der Waals surface area contributed by atoms with Crippen LogP contribution in [-0.4, -0.2) is 28.5 Å². The van der Waals surface area contributed by atoms with Crippen molar-refractivity contribution in [3.63, 3.8) is 0 Å². The second-order valence-corrected chi connectivity index (χ2v) is 4.73. The fourth-order valence-electron chi connectivity index (χ4n) is 1.81. The van der Waals surface area contributed by atoms with Gasteiger partial charge in [-0.2, -0.15) is 0 Å². The Morgan fingerprint density at radius 3 is 2.15 bits per heavy atom. The molecular formula is C14H17NO5. The van der Waals surface area contributed by atoms with E-state index in [1.54, 1.807) is 24.3 Å². The molecule has 1 atom stereocenters. The summed E-state index contributed by atoms with van der Waals surface area (Å²) in [6, 6.07) is 6.46. The van der Waals surface area contributed by atoms with Crippen molar-refractivity contribution < 1.29 is 24.2 Å². The molecule has 1 aromatic rings. The predicted octanol–water partition coefficient (Wildman–Crippen LogP) is 1.13. The highest BCUT2D eigenvalue weighted by Crippen LogP contribution is 2.18. The van der Waals surface area contributed by atoms with Crippen LogP contribution in [0.2, 0.25) is 0 Å². The fraction of sp³-hybridized carbons (Fsp3) is 0.357. The number of hydrogen-bond acceptors (Lipinski definition) is 4. The smallest absolute Gasteiger partial charge is 0.329 e. The van der Waals surface area contributed by atoms with E-state index in [-0.39, 0.29) is 6.42 Å². The normalized spacial score (nSPS) is 13.2. The molecule has 0 heterocycles. The summed E-state index contributed by atoms with van der Waals surface area (Å²) in [5.41, 5.74) is -0.672. The van der Waals surface area contributed by atoms with E-state index in [1.165, 1.54) is 20.8 Å². The SMILES string of the molecule is CC(=O)N[C@@](C)(Cc1ccc(OC(C)=O)cc1)C(=O)O. The monoisotopic (exact) mass is 279 g/mol. The van der Waals surface area contributed by atoms with Gasteiger partial charge in [-0.3, -0.25) is 9.59 Å². The van der Waals surface area contributed by atoms with Crippen LogP contribution in [0.15, 0.2) is 24.3 Å². The summed E-state index contributed by atoms with van der Waals surface area (Å²) in [5, 5.41) is 11.7. The molecule has 0 aliphatic carbocycles. The van der Waals surface area contributed by atoms with Gasteiger partial charge < -0.3 is 15.2 Å². The van der Waals surface area contributed by atoms with Crippen LogP contribution < -0.4 is 10.1 Å². The molecule has 2 N–H and O–H groups in total. The molecule has 20 heavy (non-hydrogen) atoms. The quantitative estimate of drug-likeness (QED) is 0.622. The molecular weight excluding hydrogens is 262 g/mol. The lowest BCUT2D eigenvalue weighted by atomic mass is 9.92. The van der Waals surface area contributed by atoms with E-state index in [2.05, 4.69) is 5.32 Å². The van der Waals surface area contributed by atoms with Crippen LogP contribution in [0.1, 0.15) is 26.3 Å². The molecule has 0 saturated heterocycles. The molecule has 6 nitrogen and oxygen atoms in total. The van der Waals surface area contributed by atoms with Gasteiger partial charge in [0.2, 0.25) is 5.91 Å². The predicted molar refractivity (Wildman–Crippen MR) is 71.3 cm³/mol. The lowest BCUT2D eigenvalue weighted by Crippen LogP contribution is -2.53. The summed E-state index contributed by atoms with van der Waals surface area (Å²) in [6.45, 7) is 4.01. The second-order valence-electron chi connectivity index (χ2n) is 4.73. The summed E-state index contributed by atoms with van der Waals surface area (Å²) in [4.78, 5) is 33.2. The van der Waals surface area contributed by atoms with E-state index in [9.17, 15) is 19.5 Å². The van der Waals surface area contributed by atoms with Crippen molar-refractivity contribution in [3.8, 4) is 5.75 Å². The van der Waals surface area contributed by atoms with Crippen molar-refractivity contribution in [1.82, 2.24) is 5.32 Å². The Morgan fingerprint density at radius 1 is 1.20 bits per heavy atom. The zero-order valence-electron chi connectivity index (χ0n) is 11.6. The number of carboxylic acids is 1. The maximum atomic E-state index is 11.3. The Morgan fingerprint density at radius 2 is 1.75 bits per heavy atom. The van der Waals surface area contributed by atoms with Gasteiger partial charge in [-0.05, 0) is 24.6 Å². The number of amides is 1. The lowest BCUT2D eigenvalue weighted by molar-refractivity contribution is -0.146. The van der Waals surface area contributed by atoms with Crippen LogP contribution in [0.25, 0.3) is 0 Å². The van der Waals surface area contributed by atoms with E-state index in [1.807, 2.05) is 0 Å². The summed E-state index contributed by atoms with van der Waals surface area (Å²) in [7, 11) is 0. The van der Waals surface area contributed by atoms with Crippen LogP contribution in [0.3, 0.4) is 0 Å². The third-order valence-corrected chi connectivity index (χ3v) is 2.67. The number of benzene rings is 1. The topological polar surface area (TPSA) is 92.7 Å². The van der Waals surface area contributed by atoms with Crippen LogP contribution in [0.4, 0.5) is 0 Å². The van der Waals surface area contributed by atoms with E-state index < -0.39 is 23.4 Å². The molecule has 0 bridgehead atoms. The first-order chi connectivity index (χ1) is 9.23. The standard InChI is InChI=1S/C14H17NO5/c1-9(16)15-14(3,13(18)19)8-11-4-6-12(7-5-11)20-10(2)17/h4-7H,8H2,1-3H3,(H,15,16)(H,18,19)/t14-/m0/s1. The van der Waals surface area contributed by atoms with Crippen molar-refractivity contribution in [1.29, 1.82) is 0 Å². The number of hydrogen-bond donors (Lipinski definition) is 2. The zero-order valence-corrected chi connectivity index (χ0v) is 11.6. The minimum absolute atomic E-state index is 0.127. The first kappa shape index (κ1) is 15.7. The highest BCUT2D eigenvalue weighted by atomic mass is 16.5. The summed E-state index contributed by atoms with van der Waals surface area (Å²) >= 11 is 0. The number of nitrogens with one attached hydrogen (secondary N) is 1. The van der Waals surface area contributed by atoms with Gasteiger partial charge in [-0.25, -0.2) is 4.79 Å². The molecule has 0 fully saturated rings. The van der Waals surface area contributed by atoms with Crippen molar-refractivity contribution in [2.24, 2.45) is 0 Å². The van der Waals surface area contributed by atoms with Crippen LogP contribution in [0.5, 0.6) is 5.75 Å². The maximum Gasteiger partial charge on any atom is 0.329 e. The van der Waals surface area contributed by atoms with Gasteiger partial charge in [-0.1, -0.05) is 12.1 Å². The Kier molecular flexibility index (Phi) is 4.85. The van der Waals surface area contributed by atoms with Crippen molar-refractivity contribution in [3.05, 3.63) is 29.8 Å². The fourth-order valence-corrected chi connectivity index (χ4v) is 1.81. The highest BCUT2D eigenvalue weighted by Gasteiger charge is 2.34. The molecule has 6 heteroatoms. The van der Waals surface area contributed by atoms with Crippen molar-refractivity contribution in [2.75, 3.05) is 0 Å². The summed E-state index contributed by atoms with van der Waals surface area (Å²) < 4.78 is 4.89. The van der Waals surface area contributed by atoms with Crippen LogP contribution in [0, 0.1) is 0 Å². The number of esters is 1. The van der Waals surface area contributed by atoms with Crippen LogP contribution in [-0.2, 0) is 20.8 Å². The Balaban J connectivity index is 2.87. The van der Waals surface area contributed by atoms with Gasteiger partial charge in [0.15, 0.2) is 0 Å². The van der Waals surface area contributed by atoms with Crippen molar-refractivity contribution in [2.45, 2.75) is 32.7 Å². The van der Waals surface area contributed by atoms with Gasteiger partial charge in [0.1, 0.15) is 11.3 Å². The third kappa shape index (κ3) is 4.38. The molecule has 0 unspecified atom stereocenters. The van der Waals surface area contributed by atoms with Gasteiger partial charge in [0.25, 0.3) is 0 Å². The third-order valence-electron chi connectivity index (χ3n) is 2.67. The number of carboxylic acid groups (broad SMARTS) is 1. The van der Waals surface area contributed by atoms with E-state index in [4.69, 9.17) is 4.74 Å². The second kappa shape index (κ2) is 6.18. The molecule has 108 valence electrons. The summed E-state index contributed by atoms with van der Waals surface area (Å²) in [6.07, 6.45) is 0.127. The highest BCUT2D eigenvalue weighted by molar-refractivity contribution is 5.85. The minimum atomic E-state index is -1.38. The van der Waals surface area contributed by atoms with Crippen LogP contribution >= 0.6 is 0 Å². The zero-order chi connectivity index (χ0) is 15.3. The number of carbonyl (C=O) groups is 3. The molecule has 0 aromatic heterocycles. The average molecular weight is 279 g/mol. The van der Waals surface area contributed by atoms with E-state index in [0.29, 0.717) is 11.3 Å². The maximum absolute atomic E-state index is 11.3.